The van der Waals surface area contributed by atoms with Crippen molar-refractivity contribution in [2.45, 2.75) is 33.2 Å². The molecule has 0 aliphatic rings. The van der Waals surface area contributed by atoms with Gasteiger partial charge in [-0.2, -0.15) is 0 Å². The Morgan fingerprint density at radius 2 is 2.19 bits per heavy atom. The Hall–Kier alpha value is -0.870. The molecule has 1 aromatic rings. The SMILES string of the molecule is CCc1ccc(C(=O)NCC(N)C(C)C)s1. The first-order valence-electron chi connectivity index (χ1n) is 5.67. The second kappa shape index (κ2) is 6.01. The lowest BCUT2D eigenvalue weighted by atomic mass is 10.1. The summed E-state index contributed by atoms with van der Waals surface area (Å²) in [6.45, 7) is 6.73. The van der Waals surface area contributed by atoms with Gasteiger partial charge in [0.1, 0.15) is 0 Å². The molecule has 0 aromatic carbocycles. The minimum atomic E-state index is -0.0131. The molecule has 0 bridgehead atoms. The van der Waals surface area contributed by atoms with Crippen LogP contribution in [0.4, 0.5) is 0 Å². The molecular formula is C12H20N2OS. The normalized spacial score (nSPS) is 12.8. The van der Waals surface area contributed by atoms with Crippen LogP contribution in [0, 0.1) is 5.92 Å². The van der Waals surface area contributed by atoms with E-state index < -0.39 is 0 Å². The molecule has 1 unspecified atom stereocenters. The zero-order valence-corrected chi connectivity index (χ0v) is 10.9. The Labute approximate surface area is 101 Å². The maximum atomic E-state index is 11.7. The van der Waals surface area contributed by atoms with Crippen molar-refractivity contribution in [3.8, 4) is 0 Å². The van der Waals surface area contributed by atoms with E-state index in [0.29, 0.717) is 12.5 Å². The van der Waals surface area contributed by atoms with Gasteiger partial charge in [-0.3, -0.25) is 4.79 Å². The zero-order valence-electron chi connectivity index (χ0n) is 10.1. The number of hydrogen-bond donors (Lipinski definition) is 2. The molecule has 0 radical (unpaired) electrons. The largest absolute Gasteiger partial charge is 0.350 e. The molecule has 0 saturated carbocycles. The van der Waals surface area contributed by atoms with Crippen LogP contribution in [0.2, 0.25) is 0 Å². The average molecular weight is 240 g/mol. The van der Waals surface area contributed by atoms with Gasteiger partial charge >= 0.3 is 0 Å². The summed E-state index contributed by atoms with van der Waals surface area (Å²) >= 11 is 1.55. The quantitative estimate of drug-likeness (QED) is 0.827. The van der Waals surface area contributed by atoms with Crippen LogP contribution in [0.1, 0.15) is 35.3 Å². The lowest BCUT2D eigenvalue weighted by molar-refractivity contribution is 0.0953. The molecule has 0 aliphatic carbocycles. The van der Waals surface area contributed by atoms with E-state index in [1.54, 1.807) is 11.3 Å². The molecule has 0 fully saturated rings. The Balaban J connectivity index is 2.46. The van der Waals surface area contributed by atoms with Crippen molar-refractivity contribution in [3.05, 3.63) is 21.9 Å². The molecule has 1 heterocycles. The first-order chi connectivity index (χ1) is 7.54. The van der Waals surface area contributed by atoms with Gasteiger partial charge in [0, 0.05) is 17.5 Å². The number of carbonyl (C=O) groups excluding carboxylic acids is 1. The molecule has 0 spiro atoms. The average Bonchev–Trinajstić information content (AvgIpc) is 2.73. The van der Waals surface area contributed by atoms with Gasteiger partial charge in [-0.25, -0.2) is 0 Å². The lowest BCUT2D eigenvalue weighted by Gasteiger charge is -2.15. The minimum absolute atomic E-state index is 0.0131. The zero-order chi connectivity index (χ0) is 12.1. The molecule has 1 rings (SSSR count). The topological polar surface area (TPSA) is 55.1 Å². The van der Waals surface area contributed by atoms with E-state index in [0.717, 1.165) is 11.3 Å². The summed E-state index contributed by atoms with van der Waals surface area (Å²) in [4.78, 5) is 13.8. The summed E-state index contributed by atoms with van der Waals surface area (Å²) in [7, 11) is 0. The molecule has 4 heteroatoms. The highest BCUT2D eigenvalue weighted by Crippen LogP contribution is 2.16. The fourth-order valence-electron chi connectivity index (χ4n) is 1.22. The van der Waals surface area contributed by atoms with Gasteiger partial charge in [0.15, 0.2) is 0 Å². The number of nitrogens with two attached hydrogens (primary N) is 1. The van der Waals surface area contributed by atoms with Crippen molar-refractivity contribution in [2.75, 3.05) is 6.54 Å². The molecule has 3 nitrogen and oxygen atoms in total. The highest BCUT2D eigenvalue weighted by Gasteiger charge is 2.12. The number of amides is 1. The van der Waals surface area contributed by atoms with Gasteiger partial charge < -0.3 is 11.1 Å². The van der Waals surface area contributed by atoms with Crippen LogP contribution < -0.4 is 11.1 Å². The second-order valence-corrected chi connectivity index (χ2v) is 5.41. The summed E-state index contributed by atoms with van der Waals surface area (Å²) in [6.07, 6.45) is 0.976. The van der Waals surface area contributed by atoms with Gasteiger partial charge in [0.2, 0.25) is 0 Å². The van der Waals surface area contributed by atoms with E-state index in [-0.39, 0.29) is 11.9 Å². The van der Waals surface area contributed by atoms with Crippen molar-refractivity contribution in [2.24, 2.45) is 11.7 Å². The second-order valence-electron chi connectivity index (χ2n) is 4.24. The molecule has 16 heavy (non-hydrogen) atoms. The van der Waals surface area contributed by atoms with E-state index in [2.05, 4.69) is 26.1 Å². The number of rotatable bonds is 5. The predicted molar refractivity (Wildman–Crippen MR) is 68.8 cm³/mol. The summed E-state index contributed by atoms with van der Waals surface area (Å²) in [5.41, 5.74) is 5.86. The lowest BCUT2D eigenvalue weighted by Crippen LogP contribution is -2.40. The van der Waals surface area contributed by atoms with Crippen molar-refractivity contribution < 1.29 is 4.79 Å². The van der Waals surface area contributed by atoms with Gasteiger partial charge in [-0.05, 0) is 24.5 Å². The maximum Gasteiger partial charge on any atom is 0.261 e. The van der Waals surface area contributed by atoms with Crippen molar-refractivity contribution in [3.63, 3.8) is 0 Å². The van der Waals surface area contributed by atoms with Crippen LogP contribution in [0.5, 0.6) is 0 Å². The summed E-state index contributed by atoms with van der Waals surface area (Å²) in [5, 5.41) is 2.86. The first kappa shape index (κ1) is 13.2. The molecule has 0 aliphatic heterocycles. The minimum Gasteiger partial charge on any atom is -0.350 e. The highest BCUT2D eigenvalue weighted by atomic mass is 32.1. The highest BCUT2D eigenvalue weighted by molar-refractivity contribution is 7.14. The van der Waals surface area contributed by atoms with Gasteiger partial charge in [-0.1, -0.05) is 20.8 Å². The molecular weight excluding hydrogens is 220 g/mol. The van der Waals surface area contributed by atoms with E-state index in [1.807, 2.05) is 12.1 Å². The Morgan fingerprint density at radius 1 is 1.50 bits per heavy atom. The number of aryl methyl sites for hydroxylation is 1. The third kappa shape index (κ3) is 3.61. The monoisotopic (exact) mass is 240 g/mol. The number of hydrogen-bond acceptors (Lipinski definition) is 3. The number of nitrogens with one attached hydrogen (secondary N) is 1. The predicted octanol–water partition coefficient (Wildman–Crippen LogP) is 2.02. The van der Waals surface area contributed by atoms with Crippen molar-refractivity contribution in [1.82, 2.24) is 5.32 Å². The summed E-state index contributed by atoms with van der Waals surface area (Å²) < 4.78 is 0. The molecule has 1 atom stereocenters. The van der Waals surface area contributed by atoms with E-state index in [9.17, 15) is 4.79 Å². The van der Waals surface area contributed by atoms with Gasteiger partial charge in [-0.15, -0.1) is 11.3 Å². The molecule has 1 aromatic heterocycles. The van der Waals surface area contributed by atoms with E-state index >= 15 is 0 Å². The van der Waals surface area contributed by atoms with E-state index in [4.69, 9.17) is 5.73 Å². The Kier molecular flexibility index (Phi) is 4.96. The third-order valence-corrected chi connectivity index (χ3v) is 3.82. The van der Waals surface area contributed by atoms with Crippen LogP contribution in [-0.2, 0) is 6.42 Å². The molecule has 1 amide bonds. The van der Waals surface area contributed by atoms with Crippen molar-refractivity contribution in [1.29, 1.82) is 0 Å². The fourth-order valence-corrected chi connectivity index (χ4v) is 2.09. The van der Waals surface area contributed by atoms with Crippen LogP contribution in [0.3, 0.4) is 0 Å². The molecule has 90 valence electrons. The van der Waals surface area contributed by atoms with Crippen LogP contribution >= 0.6 is 11.3 Å². The third-order valence-electron chi connectivity index (χ3n) is 2.59. The smallest absolute Gasteiger partial charge is 0.261 e. The van der Waals surface area contributed by atoms with E-state index in [1.165, 1.54) is 4.88 Å². The maximum absolute atomic E-state index is 11.7. The summed E-state index contributed by atoms with van der Waals surface area (Å²) in [6, 6.07) is 3.90. The van der Waals surface area contributed by atoms with Crippen molar-refractivity contribution >= 4 is 17.2 Å². The van der Waals surface area contributed by atoms with Crippen LogP contribution in [0.15, 0.2) is 12.1 Å². The molecule has 0 saturated heterocycles. The standard InChI is InChI=1S/C12H20N2OS/c1-4-9-5-6-11(16-9)12(15)14-7-10(13)8(2)3/h5-6,8,10H,4,7,13H2,1-3H3,(H,14,15). The summed E-state index contributed by atoms with van der Waals surface area (Å²) in [5.74, 6) is 0.371. The van der Waals surface area contributed by atoms with Gasteiger partial charge in [0.25, 0.3) is 5.91 Å². The van der Waals surface area contributed by atoms with Crippen LogP contribution in [0.25, 0.3) is 0 Å². The number of carbonyl (C=O) groups is 1. The number of thiophene rings is 1. The van der Waals surface area contributed by atoms with Gasteiger partial charge in [0.05, 0.1) is 4.88 Å². The fraction of sp³-hybridized carbons (Fsp3) is 0.583. The Morgan fingerprint density at radius 3 is 2.69 bits per heavy atom. The Bertz CT molecular complexity index is 347. The molecule has 3 N–H and O–H groups in total. The first-order valence-corrected chi connectivity index (χ1v) is 6.48. The van der Waals surface area contributed by atoms with Crippen LogP contribution in [-0.4, -0.2) is 18.5 Å².